The zero-order chi connectivity index (χ0) is 16.4. The molecule has 0 saturated carbocycles. The number of amides is 1. The summed E-state index contributed by atoms with van der Waals surface area (Å²) in [5.41, 5.74) is 1.16. The van der Waals surface area contributed by atoms with E-state index >= 15 is 0 Å². The molecule has 0 aliphatic carbocycles. The molecule has 0 spiro atoms. The highest BCUT2D eigenvalue weighted by Gasteiger charge is 2.15. The van der Waals surface area contributed by atoms with Crippen LogP contribution in [0.2, 0.25) is 0 Å². The van der Waals surface area contributed by atoms with E-state index < -0.39 is 5.97 Å². The van der Waals surface area contributed by atoms with E-state index in [1.165, 1.54) is 23.7 Å². The van der Waals surface area contributed by atoms with E-state index in [4.69, 9.17) is 10.4 Å². The predicted molar refractivity (Wildman–Crippen MR) is 82.1 cm³/mol. The number of aromatic amines is 1. The van der Waals surface area contributed by atoms with Crippen LogP contribution in [0.3, 0.4) is 0 Å². The Morgan fingerprint density at radius 3 is 3.00 bits per heavy atom. The summed E-state index contributed by atoms with van der Waals surface area (Å²) in [7, 11) is 0. The number of carbonyl (C=O) groups is 2. The number of aromatic carboxylic acids is 1. The Morgan fingerprint density at radius 2 is 2.26 bits per heavy atom. The number of H-pyrrole nitrogens is 1. The topological polar surface area (TPSA) is 132 Å². The molecule has 0 aromatic carbocycles. The van der Waals surface area contributed by atoms with Crippen molar-refractivity contribution in [3.63, 3.8) is 0 Å². The fourth-order valence-electron chi connectivity index (χ4n) is 1.98. The van der Waals surface area contributed by atoms with Gasteiger partial charge >= 0.3 is 5.97 Å². The van der Waals surface area contributed by atoms with Crippen molar-refractivity contribution in [2.45, 2.75) is 0 Å². The van der Waals surface area contributed by atoms with Gasteiger partial charge in [-0.2, -0.15) is 5.26 Å². The van der Waals surface area contributed by atoms with Gasteiger partial charge in [0.25, 0.3) is 5.91 Å². The number of rotatable bonds is 4. The summed E-state index contributed by atoms with van der Waals surface area (Å²) in [4.78, 5) is 35.3. The van der Waals surface area contributed by atoms with Crippen molar-refractivity contribution in [2.24, 2.45) is 0 Å². The molecular weight excluding hydrogens is 318 g/mol. The highest BCUT2D eigenvalue weighted by Crippen LogP contribution is 2.28. The van der Waals surface area contributed by atoms with Crippen LogP contribution in [0.5, 0.6) is 0 Å². The number of hydrogen-bond donors (Lipinski definition) is 3. The first-order valence-corrected chi connectivity index (χ1v) is 7.24. The van der Waals surface area contributed by atoms with Gasteiger partial charge in [0.2, 0.25) is 0 Å². The summed E-state index contributed by atoms with van der Waals surface area (Å²) >= 11 is 1.19. The first kappa shape index (κ1) is 14.7. The molecule has 23 heavy (non-hydrogen) atoms. The van der Waals surface area contributed by atoms with Gasteiger partial charge in [0, 0.05) is 6.20 Å². The van der Waals surface area contributed by atoms with Gasteiger partial charge in [0.1, 0.15) is 17.6 Å². The van der Waals surface area contributed by atoms with Gasteiger partial charge in [-0.1, -0.05) is 0 Å². The Labute approximate surface area is 133 Å². The Hall–Kier alpha value is -3.25. The molecule has 0 fully saturated rings. The van der Waals surface area contributed by atoms with Crippen LogP contribution >= 0.6 is 11.3 Å². The fraction of sp³-hybridized carbons (Fsp3) is 0.0714. The van der Waals surface area contributed by atoms with Crippen molar-refractivity contribution in [3.05, 3.63) is 35.0 Å². The number of carboxylic acid groups (broad SMARTS) is 1. The van der Waals surface area contributed by atoms with E-state index in [9.17, 15) is 9.59 Å². The molecule has 1 amide bonds. The van der Waals surface area contributed by atoms with Crippen molar-refractivity contribution in [2.75, 3.05) is 6.54 Å². The quantitative estimate of drug-likeness (QED) is 0.624. The van der Waals surface area contributed by atoms with Crippen LogP contribution in [-0.2, 0) is 0 Å². The SMILES string of the molecule is N#CCNC(=O)c1ccc(-c2cnc3[nH]cc(C(=O)O)c3n2)s1. The molecular formula is C14H9N5O3S. The molecule has 9 heteroatoms. The monoisotopic (exact) mass is 327 g/mol. The van der Waals surface area contributed by atoms with Gasteiger partial charge in [-0.3, -0.25) is 4.79 Å². The Morgan fingerprint density at radius 1 is 1.43 bits per heavy atom. The third-order valence-corrected chi connectivity index (χ3v) is 4.13. The molecule has 3 heterocycles. The molecule has 114 valence electrons. The van der Waals surface area contributed by atoms with Crippen LogP contribution in [0.25, 0.3) is 21.7 Å². The highest BCUT2D eigenvalue weighted by atomic mass is 32.1. The predicted octanol–water partition coefficient (Wildman–Crippen LogP) is 1.64. The van der Waals surface area contributed by atoms with Crippen LogP contribution in [0.15, 0.2) is 24.5 Å². The van der Waals surface area contributed by atoms with Gasteiger partial charge in [0.15, 0.2) is 5.65 Å². The van der Waals surface area contributed by atoms with E-state index in [-0.39, 0.29) is 23.5 Å². The summed E-state index contributed by atoms with van der Waals surface area (Å²) in [5.74, 6) is -1.44. The van der Waals surface area contributed by atoms with Crippen LogP contribution in [0, 0.1) is 11.3 Å². The Kier molecular flexibility index (Phi) is 3.74. The molecule has 0 aliphatic heterocycles. The summed E-state index contributed by atoms with van der Waals surface area (Å²) in [6.45, 7) is -0.0663. The van der Waals surface area contributed by atoms with Crippen molar-refractivity contribution in [3.8, 4) is 16.6 Å². The summed E-state index contributed by atoms with van der Waals surface area (Å²) < 4.78 is 0. The van der Waals surface area contributed by atoms with E-state index in [0.29, 0.717) is 21.1 Å². The first-order valence-electron chi connectivity index (χ1n) is 6.43. The number of nitriles is 1. The minimum Gasteiger partial charge on any atom is -0.478 e. The molecule has 0 unspecified atom stereocenters. The summed E-state index contributed by atoms with van der Waals surface area (Å²) in [5, 5.41) is 20.0. The summed E-state index contributed by atoms with van der Waals surface area (Å²) in [6.07, 6.45) is 2.85. The number of carboxylic acids is 1. The lowest BCUT2D eigenvalue weighted by Gasteiger charge is -1.98. The summed E-state index contributed by atoms with van der Waals surface area (Å²) in [6, 6.07) is 5.15. The molecule has 8 nitrogen and oxygen atoms in total. The second-order valence-electron chi connectivity index (χ2n) is 4.46. The zero-order valence-electron chi connectivity index (χ0n) is 11.5. The molecule has 0 bridgehead atoms. The van der Waals surface area contributed by atoms with E-state index in [1.807, 2.05) is 6.07 Å². The molecule has 0 saturated heterocycles. The Bertz CT molecular complexity index is 953. The molecule has 0 radical (unpaired) electrons. The maximum absolute atomic E-state index is 11.8. The number of nitrogens with one attached hydrogen (secondary N) is 2. The van der Waals surface area contributed by atoms with Crippen molar-refractivity contribution in [1.29, 1.82) is 5.26 Å². The average Bonchev–Trinajstić information content (AvgIpc) is 3.18. The van der Waals surface area contributed by atoms with Crippen LogP contribution in [0.1, 0.15) is 20.0 Å². The maximum Gasteiger partial charge on any atom is 0.339 e. The lowest BCUT2D eigenvalue weighted by atomic mass is 10.3. The number of fused-ring (bicyclic) bond motifs is 1. The molecule has 0 atom stereocenters. The van der Waals surface area contributed by atoms with Gasteiger partial charge in [-0.15, -0.1) is 11.3 Å². The number of aromatic nitrogens is 3. The molecule has 0 aliphatic rings. The third-order valence-electron chi connectivity index (χ3n) is 3.02. The normalized spacial score (nSPS) is 10.4. The van der Waals surface area contributed by atoms with Crippen molar-refractivity contribution >= 4 is 34.4 Å². The molecule has 3 aromatic heterocycles. The van der Waals surface area contributed by atoms with E-state index in [0.717, 1.165) is 0 Å². The van der Waals surface area contributed by atoms with E-state index in [1.54, 1.807) is 12.1 Å². The lowest BCUT2D eigenvalue weighted by Crippen LogP contribution is -2.22. The molecule has 3 rings (SSSR count). The smallest absolute Gasteiger partial charge is 0.339 e. The fourth-order valence-corrected chi connectivity index (χ4v) is 2.85. The first-order chi connectivity index (χ1) is 11.1. The highest BCUT2D eigenvalue weighted by molar-refractivity contribution is 7.17. The van der Waals surface area contributed by atoms with Gasteiger partial charge in [-0.05, 0) is 12.1 Å². The standard InChI is InChI=1S/C14H9N5O3S/c15-3-4-16-13(20)10-2-1-9(23-10)8-6-18-12-11(19-8)7(5-17-12)14(21)22/h1-2,5-6H,4H2,(H,16,20)(H,17,18)(H,21,22). The number of carbonyl (C=O) groups excluding carboxylic acids is 1. The van der Waals surface area contributed by atoms with Crippen molar-refractivity contribution in [1.82, 2.24) is 20.3 Å². The van der Waals surface area contributed by atoms with Gasteiger partial charge in [0.05, 0.1) is 27.7 Å². The second-order valence-corrected chi connectivity index (χ2v) is 5.55. The van der Waals surface area contributed by atoms with Crippen LogP contribution < -0.4 is 5.32 Å². The largest absolute Gasteiger partial charge is 0.478 e. The van der Waals surface area contributed by atoms with Crippen LogP contribution in [0.4, 0.5) is 0 Å². The maximum atomic E-state index is 11.8. The van der Waals surface area contributed by atoms with E-state index in [2.05, 4.69) is 20.3 Å². The lowest BCUT2D eigenvalue weighted by molar-refractivity contribution is 0.0698. The number of thiophene rings is 1. The molecule has 3 aromatic rings. The van der Waals surface area contributed by atoms with Gasteiger partial charge in [-0.25, -0.2) is 14.8 Å². The zero-order valence-corrected chi connectivity index (χ0v) is 12.3. The third kappa shape index (κ3) is 2.75. The molecule has 3 N–H and O–H groups in total. The van der Waals surface area contributed by atoms with Gasteiger partial charge < -0.3 is 15.4 Å². The minimum atomic E-state index is -1.09. The van der Waals surface area contributed by atoms with Crippen LogP contribution in [-0.4, -0.2) is 38.5 Å². The Balaban J connectivity index is 1.96. The number of nitrogens with zero attached hydrogens (tertiary/aromatic N) is 3. The average molecular weight is 327 g/mol. The van der Waals surface area contributed by atoms with Crippen molar-refractivity contribution < 1.29 is 14.7 Å². The minimum absolute atomic E-state index is 0.0397. The second kappa shape index (κ2) is 5.86. The number of hydrogen-bond acceptors (Lipinski definition) is 6.